The molecule has 1 amide bonds. The number of nitrogens with one attached hydrogen (secondary N) is 2. The van der Waals surface area contributed by atoms with Gasteiger partial charge in [0.2, 0.25) is 0 Å². The second-order valence-corrected chi connectivity index (χ2v) is 7.40. The normalized spacial score (nSPS) is 10.6. The van der Waals surface area contributed by atoms with E-state index in [-0.39, 0.29) is 52.0 Å². The van der Waals surface area contributed by atoms with E-state index < -0.39 is 23.3 Å². The van der Waals surface area contributed by atoms with E-state index in [0.717, 1.165) is 12.1 Å². The Morgan fingerprint density at radius 2 is 1.76 bits per heavy atom. The number of para-hydroxylation sites is 1. The molecule has 0 aromatic heterocycles. The monoisotopic (exact) mass is 474 g/mol. The lowest BCUT2D eigenvalue weighted by molar-refractivity contribution is 0.0951. The Kier molecular flexibility index (Phi) is 7.97. The minimum Gasteiger partial charge on any atom is -0.496 e. The number of ether oxygens (including phenoxy) is 1. The summed E-state index contributed by atoms with van der Waals surface area (Å²) < 4.78 is 33.1. The van der Waals surface area contributed by atoms with Gasteiger partial charge in [-0.3, -0.25) is 9.59 Å². The van der Waals surface area contributed by atoms with Gasteiger partial charge in [-0.05, 0) is 55.0 Å². The highest BCUT2D eigenvalue weighted by Gasteiger charge is 2.20. The van der Waals surface area contributed by atoms with Crippen molar-refractivity contribution in [3.8, 4) is 5.75 Å². The Hall–Kier alpha value is -3.49. The topological polar surface area (TPSA) is 87.7 Å². The van der Waals surface area contributed by atoms with E-state index in [1.54, 1.807) is 0 Å². The largest absolute Gasteiger partial charge is 0.496 e. The van der Waals surface area contributed by atoms with Crippen LogP contribution in [0.4, 0.5) is 20.2 Å². The highest BCUT2D eigenvalue weighted by atomic mass is 35.5. The number of rotatable bonds is 9. The highest BCUT2D eigenvalue weighted by Crippen LogP contribution is 2.30. The van der Waals surface area contributed by atoms with Crippen LogP contribution in [0.25, 0.3) is 0 Å². The molecule has 0 aliphatic rings. The highest BCUT2D eigenvalue weighted by molar-refractivity contribution is 6.35. The van der Waals surface area contributed by atoms with Gasteiger partial charge in [-0.2, -0.15) is 0 Å². The fourth-order valence-electron chi connectivity index (χ4n) is 3.09. The second-order valence-electron chi connectivity index (χ2n) is 6.99. The van der Waals surface area contributed by atoms with Crippen LogP contribution in [0.2, 0.25) is 5.02 Å². The zero-order valence-corrected chi connectivity index (χ0v) is 18.4. The number of carbonyl (C=O) groups excluding carboxylic acids is 2. The summed E-state index contributed by atoms with van der Waals surface area (Å²) in [6, 6.07) is 12.1. The van der Waals surface area contributed by atoms with Crippen LogP contribution in [0.3, 0.4) is 0 Å². The first-order chi connectivity index (χ1) is 15.8. The molecule has 0 heterocycles. The minimum atomic E-state index is -0.773. The van der Waals surface area contributed by atoms with Crippen LogP contribution in [0.15, 0.2) is 54.6 Å². The molecule has 6 nitrogen and oxygen atoms in total. The van der Waals surface area contributed by atoms with Gasteiger partial charge in [0.1, 0.15) is 23.1 Å². The van der Waals surface area contributed by atoms with Crippen LogP contribution in [0, 0.1) is 11.6 Å². The molecule has 33 heavy (non-hydrogen) atoms. The maximum absolute atomic E-state index is 13.9. The number of amides is 1. The number of halogens is 3. The third-order valence-electron chi connectivity index (χ3n) is 4.77. The van der Waals surface area contributed by atoms with Gasteiger partial charge in [0, 0.05) is 30.0 Å². The zero-order valence-electron chi connectivity index (χ0n) is 17.6. The molecule has 0 atom stereocenters. The lowest BCUT2D eigenvalue weighted by Gasteiger charge is -2.13. The van der Waals surface area contributed by atoms with Crippen molar-refractivity contribution >= 4 is 34.7 Å². The Morgan fingerprint density at radius 1 is 1.03 bits per heavy atom. The smallest absolute Gasteiger partial charge is 0.251 e. The summed E-state index contributed by atoms with van der Waals surface area (Å²) >= 11 is 6.31. The van der Waals surface area contributed by atoms with Crippen LogP contribution in [0.1, 0.15) is 32.7 Å². The van der Waals surface area contributed by atoms with Crippen molar-refractivity contribution in [2.24, 2.45) is 0 Å². The SMILES string of the molecule is COc1ccc(C(=O)NCCCO)cc1C(=O)c1ccc(Nc2c(F)cccc2F)cc1Cl. The summed E-state index contributed by atoms with van der Waals surface area (Å²) in [5.41, 5.74) is 0.419. The molecule has 3 aromatic rings. The molecule has 0 fully saturated rings. The number of ketones is 1. The first-order valence-corrected chi connectivity index (χ1v) is 10.4. The van der Waals surface area contributed by atoms with Gasteiger partial charge >= 0.3 is 0 Å². The summed E-state index contributed by atoms with van der Waals surface area (Å²) in [4.78, 5) is 25.5. The Labute approximate surface area is 194 Å². The van der Waals surface area contributed by atoms with Crippen molar-refractivity contribution in [3.63, 3.8) is 0 Å². The summed E-state index contributed by atoms with van der Waals surface area (Å²) in [5.74, 6) is -2.20. The number of hydrogen-bond acceptors (Lipinski definition) is 5. The van der Waals surface area contributed by atoms with Crippen LogP contribution in [-0.2, 0) is 0 Å². The first kappa shape index (κ1) is 24.2. The molecule has 0 aliphatic carbocycles. The molecule has 0 spiro atoms. The fourth-order valence-corrected chi connectivity index (χ4v) is 3.36. The number of hydrogen-bond donors (Lipinski definition) is 3. The van der Waals surface area contributed by atoms with Crippen molar-refractivity contribution in [1.82, 2.24) is 5.32 Å². The average Bonchev–Trinajstić information content (AvgIpc) is 2.81. The van der Waals surface area contributed by atoms with E-state index in [0.29, 0.717) is 6.42 Å². The van der Waals surface area contributed by atoms with Gasteiger partial charge in [0.15, 0.2) is 5.78 Å². The van der Waals surface area contributed by atoms with Crippen LogP contribution in [0.5, 0.6) is 5.75 Å². The molecule has 3 rings (SSSR count). The number of aliphatic hydroxyl groups is 1. The van der Waals surface area contributed by atoms with Gasteiger partial charge in [-0.1, -0.05) is 17.7 Å². The van der Waals surface area contributed by atoms with Crippen LogP contribution in [-0.4, -0.2) is 37.1 Å². The van der Waals surface area contributed by atoms with E-state index in [1.807, 2.05) is 0 Å². The summed E-state index contributed by atoms with van der Waals surface area (Å²) in [7, 11) is 1.39. The first-order valence-electron chi connectivity index (χ1n) is 9.98. The number of methoxy groups -OCH3 is 1. The van der Waals surface area contributed by atoms with Crippen molar-refractivity contribution in [2.75, 3.05) is 25.6 Å². The summed E-state index contributed by atoms with van der Waals surface area (Å²) in [6.45, 7) is 0.229. The third-order valence-corrected chi connectivity index (χ3v) is 5.09. The van der Waals surface area contributed by atoms with E-state index in [2.05, 4.69) is 10.6 Å². The van der Waals surface area contributed by atoms with Crippen LogP contribution >= 0.6 is 11.6 Å². The molecule has 9 heteroatoms. The van der Waals surface area contributed by atoms with Crippen molar-refractivity contribution in [2.45, 2.75) is 6.42 Å². The van der Waals surface area contributed by atoms with E-state index in [4.69, 9.17) is 21.4 Å². The minimum absolute atomic E-state index is 0.0431. The van der Waals surface area contributed by atoms with Crippen molar-refractivity contribution < 1.29 is 28.2 Å². The molecule has 3 N–H and O–H groups in total. The lowest BCUT2D eigenvalue weighted by Crippen LogP contribution is -2.25. The standard InChI is InChI=1S/C24H21ClF2N2O4/c1-33-21-9-6-14(24(32)28-10-3-11-30)12-17(21)23(31)16-8-7-15(13-18(16)25)29-22-19(26)4-2-5-20(22)27/h2,4-9,12-13,29-30H,3,10-11H2,1H3,(H,28,32). The Balaban J connectivity index is 1.88. The number of carbonyl (C=O) groups is 2. The van der Waals surface area contributed by atoms with E-state index in [9.17, 15) is 18.4 Å². The van der Waals surface area contributed by atoms with Gasteiger partial charge in [0.25, 0.3) is 5.91 Å². The molecule has 0 bridgehead atoms. The molecular formula is C24H21ClF2N2O4. The fraction of sp³-hybridized carbons (Fsp3) is 0.167. The van der Waals surface area contributed by atoms with Gasteiger partial charge in [0.05, 0.1) is 17.7 Å². The summed E-state index contributed by atoms with van der Waals surface area (Å²) in [5, 5.41) is 14.2. The molecule has 0 saturated carbocycles. The zero-order chi connectivity index (χ0) is 24.0. The second kappa shape index (κ2) is 10.9. The predicted molar refractivity (Wildman–Crippen MR) is 122 cm³/mol. The maximum atomic E-state index is 13.9. The predicted octanol–water partition coefficient (Wildman–Crippen LogP) is 4.71. The quantitative estimate of drug-likeness (QED) is 0.309. The maximum Gasteiger partial charge on any atom is 0.251 e. The molecule has 0 radical (unpaired) electrons. The molecule has 0 saturated heterocycles. The van der Waals surface area contributed by atoms with E-state index >= 15 is 0 Å². The number of anilines is 2. The molecule has 0 aliphatic heterocycles. The number of aliphatic hydroxyl groups excluding tert-OH is 1. The molecule has 3 aromatic carbocycles. The van der Waals surface area contributed by atoms with Gasteiger partial charge < -0.3 is 20.5 Å². The third kappa shape index (κ3) is 5.66. The van der Waals surface area contributed by atoms with Crippen molar-refractivity contribution in [1.29, 1.82) is 0 Å². The van der Waals surface area contributed by atoms with Gasteiger partial charge in [-0.25, -0.2) is 8.78 Å². The van der Waals surface area contributed by atoms with Crippen molar-refractivity contribution in [3.05, 3.63) is 87.9 Å². The van der Waals surface area contributed by atoms with Crippen LogP contribution < -0.4 is 15.4 Å². The Bertz CT molecular complexity index is 1170. The summed E-state index contributed by atoms with van der Waals surface area (Å²) in [6.07, 6.45) is 0.403. The van der Waals surface area contributed by atoms with E-state index in [1.165, 1.54) is 49.6 Å². The molecular weight excluding hydrogens is 454 g/mol. The molecule has 172 valence electrons. The molecule has 0 unspecified atom stereocenters. The Morgan fingerprint density at radius 3 is 2.39 bits per heavy atom. The average molecular weight is 475 g/mol. The van der Waals surface area contributed by atoms with Gasteiger partial charge in [-0.15, -0.1) is 0 Å². The lowest BCUT2D eigenvalue weighted by atomic mass is 9.99. The number of benzene rings is 3.